The highest BCUT2D eigenvalue weighted by molar-refractivity contribution is 9.08. The Balaban J connectivity index is 2.57. The zero-order chi connectivity index (χ0) is 20.6. The standard InChI is InChI=1S/C19H22BrF5O2/c1-17(2,3)27-16(26)15-12(11-6-8-18(21,22)9-7-11)4-5-14(13(15)10-20)19(23,24)25/h4-5,11H,6-10H2,1-3H3. The van der Waals surface area contributed by atoms with E-state index in [9.17, 15) is 26.7 Å². The number of esters is 1. The Hall–Kier alpha value is -1.18. The number of carbonyl (C=O) groups excluding carboxylic acids is 1. The Bertz CT molecular complexity index is 697. The van der Waals surface area contributed by atoms with Crippen molar-refractivity contribution in [3.63, 3.8) is 0 Å². The fourth-order valence-corrected chi connectivity index (χ4v) is 3.91. The number of ether oxygens (including phenoxy) is 1. The van der Waals surface area contributed by atoms with Crippen LogP contribution in [0.1, 0.15) is 79.4 Å². The molecule has 0 unspecified atom stereocenters. The molecule has 0 heterocycles. The van der Waals surface area contributed by atoms with E-state index in [1.807, 2.05) is 0 Å². The van der Waals surface area contributed by atoms with Gasteiger partial charge in [-0.05, 0) is 56.7 Å². The summed E-state index contributed by atoms with van der Waals surface area (Å²) in [5.74, 6) is -4.05. The predicted octanol–water partition coefficient (Wildman–Crippen LogP) is 6.85. The number of rotatable bonds is 3. The molecule has 1 aromatic carbocycles. The molecule has 1 aliphatic rings. The third-order valence-electron chi connectivity index (χ3n) is 4.54. The fourth-order valence-electron chi connectivity index (χ4n) is 3.33. The lowest BCUT2D eigenvalue weighted by Crippen LogP contribution is -2.28. The van der Waals surface area contributed by atoms with Gasteiger partial charge in [0.15, 0.2) is 0 Å². The van der Waals surface area contributed by atoms with Crippen molar-refractivity contribution in [2.75, 3.05) is 0 Å². The highest BCUT2D eigenvalue weighted by Crippen LogP contribution is 2.44. The second-order valence-electron chi connectivity index (χ2n) is 7.82. The van der Waals surface area contributed by atoms with E-state index in [2.05, 4.69) is 15.9 Å². The van der Waals surface area contributed by atoms with Gasteiger partial charge in [0.25, 0.3) is 0 Å². The first kappa shape index (κ1) is 22.1. The van der Waals surface area contributed by atoms with Crippen LogP contribution in [-0.4, -0.2) is 17.5 Å². The molecule has 1 saturated carbocycles. The quantitative estimate of drug-likeness (QED) is 0.282. The van der Waals surface area contributed by atoms with Crippen LogP contribution in [0.25, 0.3) is 0 Å². The van der Waals surface area contributed by atoms with E-state index in [0.29, 0.717) is 5.56 Å². The van der Waals surface area contributed by atoms with Gasteiger partial charge in [-0.2, -0.15) is 13.2 Å². The zero-order valence-corrected chi connectivity index (χ0v) is 16.9. The predicted molar refractivity (Wildman–Crippen MR) is 95.4 cm³/mol. The van der Waals surface area contributed by atoms with Crippen molar-refractivity contribution in [2.24, 2.45) is 0 Å². The van der Waals surface area contributed by atoms with Crippen LogP contribution in [0, 0.1) is 0 Å². The van der Waals surface area contributed by atoms with Crippen LogP contribution in [0.4, 0.5) is 22.0 Å². The number of carbonyl (C=O) groups is 1. The molecular weight excluding hydrogens is 435 g/mol. The van der Waals surface area contributed by atoms with Crippen molar-refractivity contribution in [1.29, 1.82) is 0 Å². The SMILES string of the molecule is CC(C)(C)OC(=O)c1c(C2CCC(F)(F)CC2)ccc(C(F)(F)F)c1CBr. The molecule has 8 heteroatoms. The molecule has 0 amide bonds. The summed E-state index contributed by atoms with van der Waals surface area (Å²) in [6.45, 7) is 4.85. The Morgan fingerprint density at radius 3 is 2.19 bits per heavy atom. The molecule has 0 saturated heterocycles. The van der Waals surface area contributed by atoms with Gasteiger partial charge in [0.2, 0.25) is 5.92 Å². The lowest BCUT2D eigenvalue weighted by molar-refractivity contribution is -0.138. The van der Waals surface area contributed by atoms with Crippen LogP contribution < -0.4 is 0 Å². The monoisotopic (exact) mass is 456 g/mol. The first-order valence-electron chi connectivity index (χ1n) is 8.65. The average Bonchev–Trinajstić information content (AvgIpc) is 2.50. The summed E-state index contributed by atoms with van der Waals surface area (Å²) in [5, 5.41) is -0.201. The van der Waals surface area contributed by atoms with E-state index in [1.54, 1.807) is 20.8 Å². The van der Waals surface area contributed by atoms with Gasteiger partial charge in [0, 0.05) is 18.2 Å². The number of benzene rings is 1. The van der Waals surface area contributed by atoms with Crippen molar-refractivity contribution in [3.8, 4) is 0 Å². The highest BCUT2D eigenvalue weighted by atomic mass is 79.9. The van der Waals surface area contributed by atoms with Crippen LogP contribution in [-0.2, 0) is 16.2 Å². The van der Waals surface area contributed by atoms with Gasteiger partial charge in [-0.1, -0.05) is 22.0 Å². The summed E-state index contributed by atoms with van der Waals surface area (Å²) in [4.78, 5) is 12.8. The maximum atomic E-state index is 13.5. The molecule has 0 spiro atoms. The molecular formula is C19H22BrF5O2. The highest BCUT2D eigenvalue weighted by Gasteiger charge is 2.40. The molecule has 1 aliphatic carbocycles. The molecule has 2 rings (SSSR count). The first-order valence-corrected chi connectivity index (χ1v) is 9.77. The summed E-state index contributed by atoms with van der Waals surface area (Å²) < 4.78 is 72.6. The van der Waals surface area contributed by atoms with Crippen molar-refractivity contribution < 1.29 is 31.5 Å². The molecule has 152 valence electrons. The van der Waals surface area contributed by atoms with Gasteiger partial charge in [0.05, 0.1) is 11.1 Å². The minimum absolute atomic E-state index is 0.107. The first-order chi connectivity index (χ1) is 12.2. The fraction of sp³-hybridized carbons (Fsp3) is 0.632. The maximum Gasteiger partial charge on any atom is 0.416 e. The lowest BCUT2D eigenvalue weighted by Gasteiger charge is -2.31. The molecule has 1 fully saturated rings. The van der Waals surface area contributed by atoms with Gasteiger partial charge in [-0.15, -0.1) is 0 Å². The zero-order valence-electron chi connectivity index (χ0n) is 15.4. The Morgan fingerprint density at radius 1 is 1.19 bits per heavy atom. The molecule has 27 heavy (non-hydrogen) atoms. The topological polar surface area (TPSA) is 26.3 Å². The van der Waals surface area contributed by atoms with Crippen molar-refractivity contribution in [2.45, 2.75) is 75.4 Å². The van der Waals surface area contributed by atoms with E-state index >= 15 is 0 Å². The largest absolute Gasteiger partial charge is 0.456 e. The maximum absolute atomic E-state index is 13.5. The minimum Gasteiger partial charge on any atom is -0.456 e. The second-order valence-corrected chi connectivity index (χ2v) is 8.38. The number of hydrogen-bond acceptors (Lipinski definition) is 2. The van der Waals surface area contributed by atoms with E-state index in [0.717, 1.165) is 6.07 Å². The number of alkyl halides is 6. The molecule has 2 nitrogen and oxygen atoms in total. The summed E-state index contributed by atoms with van der Waals surface area (Å²) >= 11 is 3.05. The van der Waals surface area contributed by atoms with E-state index < -0.39 is 35.2 Å². The normalized spacial score (nSPS) is 18.4. The van der Waals surface area contributed by atoms with Crippen LogP contribution >= 0.6 is 15.9 Å². The van der Waals surface area contributed by atoms with Gasteiger partial charge in [0.1, 0.15) is 5.60 Å². The molecule has 0 aliphatic heterocycles. The third-order valence-corrected chi connectivity index (χ3v) is 5.10. The number of halogens is 6. The Morgan fingerprint density at radius 2 is 1.74 bits per heavy atom. The Labute approximate surface area is 163 Å². The summed E-state index contributed by atoms with van der Waals surface area (Å²) in [6, 6.07) is 2.16. The molecule has 0 aromatic heterocycles. The van der Waals surface area contributed by atoms with Crippen LogP contribution in [0.5, 0.6) is 0 Å². The Kier molecular flexibility index (Phi) is 6.29. The van der Waals surface area contributed by atoms with Gasteiger partial charge >= 0.3 is 12.1 Å². The molecule has 0 bridgehead atoms. The second kappa shape index (κ2) is 7.68. The van der Waals surface area contributed by atoms with Crippen LogP contribution in [0.2, 0.25) is 0 Å². The lowest BCUT2D eigenvalue weighted by atomic mass is 9.79. The molecule has 1 aromatic rings. The van der Waals surface area contributed by atoms with Crippen LogP contribution in [0.3, 0.4) is 0 Å². The summed E-state index contributed by atoms with van der Waals surface area (Å²) in [6.07, 6.45) is -5.13. The number of hydrogen-bond donors (Lipinski definition) is 0. The van der Waals surface area contributed by atoms with Crippen molar-refractivity contribution in [1.82, 2.24) is 0 Å². The van der Waals surface area contributed by atoms with Crippen molar-refractivity contribution >= 4 is 21.9 Å². The van der Waals surface area contributed by atoms with E-state index in [4.69, 9.17) is 4.74 Å². The summed E-state index contributed by atoms with van der Waals surface area (Å²) in [7, 11) is 0. The smallest absolute Gasteiger partial charge is 0.416 e. The molecule has 0 radical (unpaired) electrons. The van der Waals surface area contributed by atoms with Gasteiger partial charge in [-0.25, -0.2) is 13.6 Å². The minimum atomic E-state index is -4.64. The van der Waals surface area contributed by atoms with E-state index in [-0.39, 0.29) is 42.1 Å². The summed E-state index contributed by atoms with van der Waals surface area (Å²) in [5.41, 5.74) is -1.85. The average molecular weight is 457 g/mol. The van der Waals surface area contributed by atoms with Crippen molar-refractivity contribution in [3.05, 3.63) is 34.4 Å². The van der Waals surface area contributed by atoms with Gasteiger partial charge < -0.3 is 4.74 Å². The third kappa shape index (κ3) is 5.42. The van der Waals surface area contributed by atoms with Crippen LogP contribution in [0.15, 0.2) is 12.1 Å². The van der Waals surface area contributed by atoms with E-state index in [1.165, 1.54) is 6.07 Å². The molecule has 0 atom stereocenters. The van der Waals surface area contributed by atoms with Gasteiger partial charge in [-0.3, -0.25) is 0 Å². The molecule has 0 N–H and O–H groups in total.